The number of carbonyl (C=O) groups excluding carboxylic acids is 1. The topological polar surface area (TPSA) is 26.3 Å². The van der Waals surface area contributed by atoms with E-state index in [2.05, 4.69) is 52.8 Å². The van der Waals surface area contributed by atoms with Crippen LogP contribution >= 0.6 is 0 Å². The first kappa shape index (κ1) is 49.0. The van der Waals surface area contributed by atoms with Crippen molar-refractivity contribution >= 4 is 5.97 Å². The van der Waals surface area contributed by atoms with Crippen LogP contribution in [0, 0.1) is 23.7 Å². The molecule has 0 aromatic heterocycles. The zero-order valence-corrected chi connectivity index (χ0v) is 35.3. The largest absolute Gasteiger partial charge is 0.435 e. The van der Waals surface area contributed by atoms with E-state index in [9.17, 15) is 4.79 Å². The first-order valence-corrected chi connectivity index (χ1v) is 22.9. The quantitative estimate of drug-likeness (QED) is 0.0276. The lowest BCUT2D eigenvalue weighted by Crippen LogP contribution is -2.17. The lowest BCUT2D eigenvalue weighted by Gasteiger charge is -2.22. The molecule has 0 aliphatic carbocycles. The Kier molecular flexibility index (Phi) is 38.3. The minimum absolute atomic E-state index is 0.0257. The van der Waals surface area contributed by atoms with Crippen molar-refractivity contribution in [3.8, 4) is 0 Å². The Morgan fingerprint density at radius 1 is 0.420 bits per heavy atom. The molecule has 0 N–H and O–H groups in total. The molecule has 4 unspecified atom stereocenters. The molecular weight excluding hydrogens is 609 g/mol. The second-order valence-electron chi connectivity index (χ2n) is 16.8. The fourth-order valence-electron chi connectivity index (χ4n) is 7.88. The van der Waals surface area contributed by atoms with E-state index < -0.39 is 0 Å². The Morgan fingerprint density at radius 3 is 1.22 bits per heavy atom. The van der Waals surface area contributed by atoms with Crippen LogP contribution in [0.15, 0.2) is 24.5 Å². The summed E-state index contributed by atoms with van der Waals surface area (Å²) in [7, 11) is 0. The van der Waals surface area contributed by atoms with E-state index in [0.29, 0.717) is 5.92 Å². The zero-order chi connectivity index (χ0) is 36.8. The second-order valence-corrected chi connectivity index (χ2v) is 16.8. The summed E-state index contributed by atoms with van der Waals surface area (Å²) in [6, 6.07) is 0. The van der Waals surface area contributed by atoms with Crippen LogP contribution in [-0.4, -0.2) is 5.97 Å². The van der Waals surface area contributed by atoms with E-state index in [4.69, 9.17) is 4.74 Å². The number of esters is 1. The molecule has 0 aliphatic rings. The molecule has 0 spiro atoms. The van der Waals surface area contributed by atoms with Gasteiger partial charge in [-0.1, -0.05) is 208 Å². The summed E-state index contributed by atoms with van der Waals surface area (Å²) < 4.78 is 5.49. The fourth-order valence-corrected chi connectivity index (χ4v) is 7.88. The minimum atomic E-state index is -0.0595. The predicted molar refractivity (Wildman–Crippen MR) is 225 cm³/mol. The predicted octanol–water partition coefficient (Wildman–Crippen LogP) is 17.1. The summed E-state index contributed by atoms with van der Waals surface area (Å²) in [5.41, 5.74) is 0. The minimum Gasteiger partial charge on any atom is -0.435 e. The third kappa shape index (κ3) is 36.7. The molecule has 4 atom stereocenters. The normalized spacial score (nSPS) is 14.4. The molecule has 2 heteroatoms. The first-order valence-electron chi connectivity index (χ1n) is 22.9. The maximum absolute atomic E-state index is 12.6. The molecule has 0 aromatic carbocycles. The standard InChI is InChI=1S/C48H92O2/c1-7-9-11-13-15-17-19-21-23-25-27-29-31-33-35-37-39-44(3)41-45(4)42-46(5)43-47(6)48(49)50-40-38-36-34-32-30-28-26-24-22-20-18-16-14-12-10-8-2/h17,19,38,40,44-47H,7-16,18,20-37,39,41-43H2,1-6H3/b19-17+,40-38-. The number of hydrogen-bond donors (Lipinski definition) is 0. The van der Waals surface area contributed by atoms with Crippen molar-refractivity contribution in [1.29, 1.82) is 0 Å². The highest BCUT2D eigenvalue weighted by Crippen LogP contribution is 2.27. The van der Waals surface area contributed by atoms with Crippen LogP contribution in [0.25, 0.3) is 0 Å². The Hall–Kier alpha value is -1.05. The number of carbonyl (C=O) groups is 1. The summed E-state index contributed by atoms with van der Waals surface area (Å²) in [5.74, 6) is 2.01. The highest BCUT2D eigenvalue weighted by molar-refractivity contribution is 5.72. The molecule has 0 saturated carbocycles. The van der Waals surface area contributed by atoms with Crippen molar-refractivity contribution in [2.24, 2.45) is 23.7 Å². The average Bonchev–Trinajstić information content (AvgIpc) is 3.09. The summed E-state index contributed by atoms with van der Waals surface area (Å²) in [5, 5.41) is 0. The van der Waals surface area contributed by atoms with Gasteiger partial charge in [-0.25, -0.2) is 0 Å². The van der Waals surface area contributed by atoms with Crippen LogP contribution in [0.5, 0.6) is 0 Å². The van der Waals surface area contributed by atoms with E-state index in [1.807, 2.05) is 6.92 Å². The zero-order valence-electron chi connectivity index (χ0n) is 35.3. The van der Waals surface area contributed by atoms with Crippen molar-refractivity contribution in [2.75, 3.05) is 0 Å². The molecule has 0 amide bonds. The van der Waals surface area contributed by atoms with E-state index in [0.717, 1.165) is 24.7 Å². The molecule has 296 valence electrons. The maximum atomic E-state index is 12.6. The number of allylic oxidation sites excluding steroid dienone is 3. The van der Waals surface area contributed by atoms with Gasteiger partial charge in [-0.15, -0.1) is 0 Å². The molecule has 0 radical (unpaired) electrons. The van der Waals surface area contributed by atoms with E-state index in [1.165, 1.54) is 199 Å². The number of unbranched alkanes of at least 4 members (excludes halogenated alkanes) is 26. The lowest BCUT2D eigenvalue weighted by atomic mass is 9.84. The van der Waals surface area contributed by atoms with Crippen LogP contribution in [0.2, 0.25) is 0 Å². The molecule has 0 bridgehead atoms. The number of ether oxygens (including phenoxy) is 1. The van der Waals surface area contributed by atoms with Crippen LogP contribution < -0.4 is 0 Å². The van der Waals surface area contributed by atoms with Gasteiger partial charge < -0.3 is 4.74 Å². The summed E-state index contributed by atoms with van der Waals surface area (Å²) >= 11 is 0. The monoisotopic (exact) mass is 701 g/mol. The second kappa shape index (κ2) is 39.2. The highest BCUT2D eigenvalue weighted by Gasteiger charge is 2.19. The average molecular weight is 701 g/mol. The first-order chi connectivity index (χ1) is 24.4. The van der Waals surface area contributed by atoms with E-state index in [1.54, 1.807) is 6.26 Å². The van der Waals surface area contributed by atoms with Gasteiger partial charge in [0.2, 0.25) is 0 Å². The summed E-state index contributed by atoms with van der Waals surface area (Å²) in [4.78, 5) is 12.6. The van der Waals surface area contributed by atoms with Crippen LogP contribution in [-0.2, 0) is 9.53 Å². The molecule has 2 nitrogen and oxygen atoms in total. The smallest absolute Gasteiger partial charge is 0.313 e. The highest BCUT2D eigenvalue weighted by atomic mass is 16.5. The van der Waals surface area contributed by atoms with Crippen molar-refractivity contribution in [3.05, 3.63) is 24.5 Å². The Bertz CT molecular complexity index is 738. The van der Waals surface area contributed by atoms with Gasteiger partial charge in [-0.05, 0) is 81.6 Å². The van der Waals surface area contributed by atoms with Gasteiger partial charge >= 0.3 is 5.97 Å². The van der Waals surface area contributed by atoms with Gasteiger partial charge in [-0.3, -0.25) is 4.79 Å². The van der Waals surface area contributed by atoms with Gasteiger partial charge in [0.1, 0.15) is 0 Å². The third-order valence-electron chi connectivity index (χ3n) is 11.0. The molecule has 0 rings (SSSR count). The Morgan fingerprint density at radius 2 is 0.760 bits per heavy atom. The SMILES string of the molecule is CCCCCC/C=C/CCCCCCCCCCC(C)CC(C)CC(C)CC(C)C(=O)O/C=C\CCCCCCCCCCCCCCCC. The molecule has 0 heterocycles. The molecular formula is C48H92O2. The molecule has 50 heavy (non-hydrogen) atoms. The molecule has 0 aromatic rings. The molecule has 0 saturated heterocycles. The van der Waals surface area contributed by atoms with E-state index >= 15 is 0 Å². The van der Waals surface area contributed by atoms with Gasteiger partial charge in [0.05, 0.1) is 12.2 Å². The van der Waals surface area contributed by atoms with Crippen molar-refractivity contribution in [1.82, 2.24) is 0 Å². The van der Waals surface area contributed by atoms with Crippen LogP contribution in [0.1, 0.15) is 253 Å². The van der Waals surface area contributed by atoms with Gasteiger partial charge in [0.25, 0.3) is 0 Å². The third-order valence-corrected chi connectivity index (χ3v) is 11.0. The van der Waals surface area contributed by atoms with Crippen LogP contribution in [0.4, 0.5) is 0 Å². The fraction of sp³-hybridized carbons (Fsp3) is 0.896. The van der Waals surface area contributed by atoms with Gasteiger partial charge in [0, 0.05) is 0 Å². The van der Waals surface area contributed by atoms with Gasteiger partial charge in [0.15, 0.2) is 0 Å². The van der Waals surface area contributed by atoms with Crippen molar-refractivity contribution in [2.45, 2.75) is 253 Å². The Balaban J connectivity index is 3.66. The van der Waals surface area contributed by atoms with E-state index in [-0.39, 0.29) is 11.9 Å². The van der Waals surface area contributed by atoms with Gasteiger partial charge in [-0.2, -0.15) is 0 Å². The molecule has 0 fully saturated rings. The summed E-state index contributed by atoms with van der Waals surface area (Å²) in [6.45, 7) is 13.8. The van der Waals surface area contributed by atoms with Crippen LogP contribution in [0.3, 0.4) is 0 Å². The summed E-state index contributed by atoms with van der Waals surface area (Å²) in [6.07, 6.45) is 53.1. The molecule has 0 aliphatic heterocycles. The Labute approximate surface area is 316 Å². The van der Waals surface area contributed by atoms with Crippen molar-refractivity contribution in [3.63, 3.8) is 0 Å². The number of rotatable bonds is 39. The lowest BCUT2D eigenvalue weighted by molar-refractivity contribution is -0.142. The van der Waals surface area contributed by atoms with Crippen molar-refractivity contribution < 1.29 is 9.53 Å². The maximum Gasteiger partial charge on any atom is 0.313 e. The number of hydrogen-bond acceptors (Lipinski definition) is 2.